The quantitative estimate of drug-likeness (QED) is 0.867. The standard InChI is InChI=1S/C12H18N2O4S/c1-17-11-4-3-10(7-12(11)18-2)19(15,16)14-6-5-9(13)8-14/h3-4,7,9H,5-6,8,13H2,1-2H3. The highest BCUT2D eigenvalue weighted by atomic mass is 32.2. The first-order chi connectivity index (χ1) is 8.98. The molecule has 0 spiro atoms. The zero-order valence-corrected chi connectivity index (χ0v) is 11.8. The molecule has 106 valence electrons. The lowest BCUT2D eigenvalue weighted by atomic mass is 10.3. The van der Waals surface area contributed by atoms with Crippen molar-refractivity contribution in [2.45, 2.75) is 17.4 Å². The predicted octanol–water partition coefficient (Wildman–Crippen LogP) is 0.426. The molecule has 0 radical (unpaired) electrons. The summed E-state index contributed by atoms with van der Waals surface area (Å²) in [5.41, 5.74) is 5.75. The minimum Gasteiger partial charge on any atom is -0.493 e. The molecule has 1 aliphatic rings. The van der Waals surface area contributed by atoms with Gasteiger partial charge in [-0.1, -0.05) is 0 Å². The van der Waals surface area contributed by atoms with E-state index in [4.69, 9.17) is 15.2 Å². The number of hydrogen-bond donors (Lipinski definition) is 1. The summed E-state index contributed by atoms with van der Waals surface area (Å²) in [6, 6.07) is 4.48. The van der Waals surface area contributed by atoms with Gasteiger partial charge < -0.3 is 15.2 Å². The third kappa shape index (κ3) is 2.68. The highest BCUT2D eigenvalue weighted by Gasteiger charge is 2.31. The van der Waals surface area contributed by atoms with E-state index in [0.717, 1.165) is 0 Å². The monoisotopic (exact) mass is 286 g/mol. The van der Waals surface area contributed by atoms with Gasteiger partial charge in [-0.15, -0.1) is 0 Å². The zero-order valence-electron chi connectivity index (χ0n) is 11.0. The van der Waals surface area contributed by atoms with E-state index >= 15 is 0 Å². The summed E-state index contributed by atoms with van der Waals surface area (Å²) in [6.45, 7) is 0.814. The lowest BCUT2D eigenvalue weighted by Crippen LogP contribution is -2.31. The van der Waals surface area contributed by atoms with E-state index in [0.29, 0.717) is 31.0 Å². The minimum absolute atomic E-state index is 0.0880. The number of benzene rings is 1. The number of sulfonamides is 1. The fraction of sp³-hybridized carbons (Fsp3) is 0.500. The maximum Gasteiger partial charge on any atom is 0.243 e. The first-order valence-corrected chi connectivity index (χ1v) is 7.41. The summed E-state index contributed by atoms with van der Waals surface area (Å²) >= 11 is 0. The van der Waals surface area contributed by atoms with Gasteiger partial charge in [0.2, 0.25) is 10.0 Å². The van der Waals surface area contributed by atoms with Crippen molar-refractivity contribution in [1.29, 1.82) is 0 Å². The van der Waals surface area contributed by atoms with Crippen LogP contribution in [0.2, 0.25) is 0 Å². The van der Waals surface area contributed by atoms with E-state index in [-0.39, 0.29) is 10.9 Å². The lowest BCUT2D eigenvalue weighted by Gasteiger charge is -2.17. The third-order valence-electron chi connectivity index (χ3n) is 3.18. The molecule has 7 heteroatoms. The number of hydrogen-bond acceptors (Lipinski definition) is 5. The van der Waals surface area contributed by atoms with E-state index in [1.54, 1.807) is 6.07 Å². The fourth-order valence-corrected chi connectivity index (χ4v) is 3.63. The van der Waals surface area contributed by atoms with Gasteiger partial charge in [-0.3, -0.25) is 0 Å². The summed E-state index contributed by atoms with van der Waals surface area (Å²) in [7, 11) is -0.534. The van der Waals surface area contributed by atoms with Gasteiger partial charge in [0, 0.05) is 25.2 Å². The Morgan fingerprint density at radius 3 is 2.47 bits per heavy atom. The Hall–Kier alpha value is -1.31. The van der Waals surface area contributed by atoms with Crippen molar-refractivity contribution in [3.8, 4) is 11.5 Å². The van der Waals surface area contributed by atoms with Gasteiger partial charge in [0.1, 0.15) is 0 Å². The van der Waals surface area contributed by atoms with Crippen LogP contribution in [0.1, 0.15) is 6.42 Å². The SMILES string of the molecule is COc1ccc(S(=O)(=O)N2CCC(N)C2)cc1OC. The Bertz CT molecular complexity index is 559. The van der Waals surface area contributed by atoms with Crippen LogP contribution < -0.4 is 15.2 Å². The smallest absolute Gasteiger partial charge is 0.243 e. The molecule has 2 rings (SSSR count). The van der Waals surface area contributed by atoms with Gasteiger partial charge in [-0.05, 0) is 18.6 Å². The van der Waals surface area contributed by atoms with E-state index in [2.05, 4.69) is 0 Å². The number of ether oxygens (including phenoxy) is 2. The van der Waals surface area contributed by atoms with Crippen LogP contribution >= 0.6 is 0 Å². The van der Waals surface area contributed by atoms with Crippen molar-refractivity contribution >= 4 is 10.0 Å². The molecule has 1 aromatic rings. The van der Waals surface area contributed by atoms with Crippen LogP contribution in [0, 0.1) is 0 Å². The van der Waals surface area contributed by atoms with Crippen LogP contribution in [0.3, 0.4) is 0 Å². The second-order valence-corrected chi connectivity index (χ2v) is 6.37. The number of methoxy groups -OCH3 is 2. The van der Waals surface area contributed by atoms with E-state index in [9.17, 15) is 8.42 Å². The molecule has 0 aliphatic carbocycles. The van der Waals surface area contributed by atoms with E-state index in [1.807, 2.05) is 0 Å². The highest BCUT2D eigenvalue weighted by Crippen LogP contribution is 2.31. The molecule has 2 N–H and O–H groups in total. The molecule has 1 unspecified atom stereocenters. The molecular formula is C12H18N2O4S. The molecule has 0 saturated carbocycles. The fourth-order valence-electron chi connectivity index (χ4n) is 2.10. The predicted molar refractivity (Wildman–Crippen MR) is 70.9 cm³/mol. The van der Waals surface area contributed by atoms with E-state index < -0.39 is 10.0 Å². The maximum atomic E-state index is 12.4. The maximum absolute atomic E-state index is 12.4. The molecule has 1 saturated heterocycles. The molecule has 0 aromatic heterocycles. The van der Waals surface area contributed by atoms with Crippen LogP contribution in [0.25, 0.3) is 0 Å². The lowest BCUT2D eigenvalue weighted by molar-refractivity contribution is 0.353. The summed E-state index contributed by atoms with van der Waals surface area (Å²) in [5.74, 6) is 0.895. The molecule has 1 aromatic carbocycles. The van der Waals surface area contributed by atoms with Crippen molar-refractivity contribution in [3.63, 3.8) is 0 Å². The van der Waals surface area contributed by atoms with Crippen LogP contribution in [-0.4, -0.2) is 46.1 Å². The average molecular weight is 286 g/mol. The van der Waals surface area contributed by atoms with Gasteiger partial charge in [0.25, 0.3) is 0 Å². The van der Waals surface area contributed by atoms with E-state index in [1.165, 1.54) is 30.7 Å². The number of rotatable bonds is 4. The first kappa shape index (κ1) is 14.1. The first-order valence-electron chi connectivity index (χ1n) is 5.97. The van der Waals surface area contributed by atoms with Crippen molar-refractivity contribution in [2.24, 2.45) is 5.73 Å². The largest absolute Gasteiger partial charge is 0.493 e. The van der Waals surface area contributed by atoms with Crippen LogP contribution in [0.15, 0.2) is 23.1 Å². The summed E-state index contributed by atoms with van der Waals surface area (Å²) < 4.78 is 36.5. The molecule has 19 heavy (non-hydrogen) atoms. The van der Waals surface area contributed by atoms with Crippen LogP contribution in [-0.2, 0) is 10.0 Å². The molecule has 0 amide bonds. The molecule has 0 bridgehead atoms. The second-order valence-electron chi connectivity index (χ2n) is 4.43. The van der Waals surface area contributed by atoms with Crippen LogP contribution in [0.4, 0.5) is 0 Å². The van der Waals surface area contributed by atoms with Gasteiger partial charge in [0.05, 0.1) is 19.1 Å². The molecule has 1 heterocycles. The van der Waals surface area contributed by atoms with Gasteiger partial charge >= 0.3 is 0 Å². The molecule has 1 fully saturated rings. The zero-order chi connectivity index (χ0) is 14.0. The van der Waals surface area contributed by atoms with Crippen LogP contribution in [0.5, 0.6) is 11.5 Å². The number of nitrogens with two attached hydrogens (primary N) is 1. The third-order valence-corrected chi connectivity index (χ3v) is 5.04. The Labute approximate surface area is 113 Å². The Kier molecular flexibility index (Phi) is 3.98. The molecule has 6 nitrogen and oxygen atoms in total. The molecule has 1 aliphatic heterocycles. The average Bonchev–Trinajstić information content (AvgIpc) is 2.85. The normalized spacial score (nSPS) is 20.5. The van der Waals surface area contributed by atoms with Crippen molar-refractivity contribution in [1.82, 2.24) is 4.31 Å². The summed E-state index contributed by atoms with van der Waals surface area (Å²) in [4.78, 5) is 0.194. The molecule has 1 atom stereocenters. The Morgan fingerprint density at radius 1 is 1.26 bits per heavy atom. The summed E-state index contributed by atoms with van der Waals surface area (Å²) in [5, 5.41) is 0. The summed E-state index contributed by atoms with van der Waals surface area (Å²) in [6.07, 6.45) is 0.687. The Balaban J connectivity index is 2.35. The van der Waals surface area contributed by atoms with Gasteiger partial charge in [-0.25, -0.2) is 8.42 Å². The highest BCUT2D eigenvalue weighted by molar-refractivity contribution is 7.89. The van der Waals surface area contributed by atoms with Crippen molar-refractivity contribution in [3.05, 3.63) is 18.2 Å². The minimum atomic E-state index is -3.51. The van der Waals surface area contributed by atoms with Crippen molar-refractivity contribution < 1.29 is 17.9 Å². The molecular weight excluding hydrogens is 268 g/mol. The topological polar surface area (TPSA) is 81.9 Å². The number of nitrogens with zero attached hydrogens (tertiary/aromatic N) is 1. The van der Waals surface area contributed by atoms with Gasteiger partial charge in [0.15, 0.2) is 11.5 Å². The van der Waals surface area contributed by atoms with Gasteiger partial charge in [-0.2, -0.15) is 4.31 Å². The second kappa shape index (κ2) is 5.36. The van der Waals surface area contributed by atoms with Crippen molar-refractivity contribution in [2.75, 3.05) is 27.3 Å². The Morgan fingerprint density at radius 2 is 1.95 bits per heavy atom.